The Bertz CT molecular complexity index is 766. The van der Waals surface area contributed by atoms with Crippen molar-refractivity contribution in [3.05, 3.63) is 66.2 Å². The average molecular weight is 279 g/mol. The molecule has 0 unspecified atom stereocenters. The van der Waals surface area contributed by atoms with Crippen LogP contribution in [0.25, 0.3) is 5.95 Å². The van der Waals surface area contributed by atoms with Gasteiger partial charge >= 0.3 is 0 Å². The molecule has 0 aliphatic heterocycles. The summed E-state index contributed by atoms with van der Waals surface area (Å²) < 4.78 is 1.51. The van der Waals surface area contributed by atoms with Crippen LogP contribution in [0.5, 0.6) is 0 Å². The molecule has 3 aromatic rings. The van der Waals surface area contributed by atoms with Gasteiger partial charge in [-0.3, -0.25) is 4.79 Å². The van der Waals surface area contributed by atoms with E-state index in [2.05, 4.69) is 20.4 Å². The molecule has 21 heavy (non-hydrogen) atoms. The lowest BCUT2D eigenvalue weighted by Crippen LogP contribution is -2.12. The molecule has 6 nitrogen and oxygen atoms in total. The number of aryl methyl sites for hydroxylation is 1. The minimum absolute atomic E-state index is 0.165. The Kier molecular flexibility index (Phi) is 3.42. The molecule has 1 N–H and O–H groups in total. The zero-order chi connectivity index (χ0) is 14.7. The van der Waals surface area contributed by atoms with Gasteiger partial charge in [0.1, 0.15) is 0 Å². The van der Waals surface area contributed by atoms with Crippen LogP contribution < -0.4 is 5.32 Å². The van der Waals surface area contributed by atoms with E-state index in [1.54, 1.807) is 36.9 Å². The fraction of sp³-hybridized carbons (Fsp3) is 0.0667. The number of hydrogen-bond donors (Lipinski definition) is 1. The van der Waals surface area contributed by atoms with E-state index in [0.29, 0.717) is 17.2 Å². The zero-order valence-corrected chi connectivity index (χ0v) is 11.4. The molecule has 0 aliphatic carbocycles. The van der Waals surface area contributed by atoms with Crippen molar-refractivity contribution in [3.8, 4) is 5.95 Å². The Labute approximate surface area is 121 Å². The third-order valence-corrected chi connectivity index (χ3v) is 2.99. The van der Waals surface area contributed by atoms with Crippen LogP contribution in [0.2, 0.25) is 0 Å². The molecule has 2 heterocycles. The number of anilines is 1. The molecule has 0 saturated heterocycles. The van der Waals surface area contributed by atoms with E-state index < -0.39 is 0 Å². The van der Waals surface area contributed by atoms with Crippen molar-refractivity contribution >= 4 is 11.6 Å². The predicted molar refractivity (Wildman–Crippen MR) is 78.3 cm³/mol. The first kappa shape index (κ1) is 13.0. The van der Waals surface area contributed by atoms with Crippen molar-refractivity contribution in [2.75, 3.05) is 5.32 Å². The molecular weight excluding hydrogens is 266 g/mol. The number of nitrogens with zero attached hydrogens (tertiary/aromatic N) is 4. The van der Waals surface area contributed by atoms with Crippen LogP contribution in [-0.4, -0.2) is 25.7 Å². The lowest BCUT2D eigenvalue weighted by atomic mass is 10.1. The largest absolute Gasteiger partial charge is 0.319 e. The summed E-state index contributed by atoms with van der Waals surface area (Å²) in [7, 11) is 0. The fourth-order valence-corrected chi connectivity index (χ4v) is 1.93. The van der Waals surface area contributed by atoms with Crippen LogP contribution in [0.4, 0.5) is 5.69 Å². The minimum atomic E-state index is -0.165. The summed E-state index contributed by atoms with van der Waals surface area (Å²) in [6, 6.07) is 9.15. The van der Waals surface area contributed by atoms with Gasteiger partial charge in [-0.25, -0.2) is 14.6 Å². The minimum Gasteiger partial charge on any atom is -0.319 e. The van der Waals surface area contributed by atoms with Crippen LogP contribution >= 0.6 is 0 Å². The van der Waals surface area contributed by atoms with Crippen LogP contribution in [-0.2, 0) is 0 Å². The fourth-order valence-electron chi connectivity index (χ4n) is 1.93. The SMILES string of the molecule is Cc1ccccc1C(=O)Nc1cnn(-c2ncccn2)c1. The first-order valence-electron chi connectivity index (χ1n) is 6.43. The maximum absolute atomic E-state index is 12.2. The molecule has 0 saturated carbocycles. The van der Waals surface area contributed by atoms with Gasteiger partial charge in [0, 0.05) is 18.0 Å². The van der Waals surface area contributed by atoms with Gasteiger partial charge < -0.3 is 5.32 Å². The first-order valence-corrected chi connectivity index (χ1v) is 6.43. The van der Waals surface area contributed by atoms with Gasteiger partial charge in [-0.05, 0) is 24.6 Å². The second kappa shape index (κ2) is 5.54. The lowest BCUT2D eigenvalue weighted by Gasteiger charge is -2.05. The first-order chi connectivity index (χ1) is 10.2. The molecule has 6 heteroatoms. The molecule has 1 amide bonds. The highest BCUT2D eigenvalue weighted by Gasteiger charge is 2.10. The number of benzene rings is 1. The van der Waals surface area contributed by atoms with Crippen molar-refractivity contribution in [2.24, 2.45) is 0 Å². The molecule has 0 fully saturated rings. The number of nitrogens with one attached hydrogen (secondary N) is 1. The molecule has 0 bridgehead atoms. The maximum Gasteiger partial charge on any atom is 0.256 e. The van der Waals surface area contributed by atoms with Gasteiger partial charge in [0.2, 0.25) is 5.95 Å². The molecule has 104 valence electrons. The van der Waals surface area contributed by atoms with E-state index in [9.17, 15) is 4.79 Å². The zero-order valence-electron chi connectivity index (χ0n) is 11.4. The predicted octanol–water partition coefficient (Wildman–Crippen LogP) is 2.22. The highest BCUT2D eigenvalue weighted by molar-refractivity contribution is 6.05. The molecular formula is C15H13N5O. The molecule has 0 aliphatic rings. The Morgan fingerprint density at radius 3 is 2.67 bits per heavy atom. The highest BCUT2D eigenvalue weighted by Crippen LogP contribution is 2.12. The number of carbonyl (C=O) groups is 1. The van der Waals surface area contributed by atoms with Crippen molar-refractivity contribution in [1.82, 2.24) is 19.7 Å². The summed E-state index contributed by atoms with van der Waals surface area (Å²) in [4.78, 5) is 20.4. The Hall–Kier alpha value is -3.02. The second-order valence-electron chi connectivity index (χ2n) is 4.49. The number of rotatable bonds is 3. The van der Waals surface area contributed by atoms with Gasteiger partial charge in [0.05, 0.1) is 18.1 Å². The molecule has 1 aromatic carbocycles. The molecule has 3 rings (SSSR count). The summed E-state index contributed by atoms with van der Waals surface area (Å²) in [6.45, 7) is 1.90. The van der Waals surface area contributed by atoms with Gasteiger partial charge in [-0.2, -0.15) is 5.10 Å². The maximum atomic E-state index is 12.2. The van der Waals surface area contributed by atoms with E-state index in [-0.39, 0.29) is 5.91 Å². The van der Waals surface area contributed by atoms with E-state index in [4.69, 9.17) is 0 Å². The van der Waals surface area contributed by atoms with Crippen molar-refractivity contribution in [2.45, 2.75) is 6.92 Å². The normalized spacial score (nSPS) is 10.3. The molecule has 2 aromatic heterocycles. The second-order valence-corrected chi connectivity index (χ2v) is 4.49. The molecule has 0 radical (unpaired) electrons. The Morgan fingerprint density at radius 1 is 1.14 bits per heavy atom. The summed E-state index contributed by atoms with van der Waals surface area (Å²) in [5.74, 6) is 0.288. The van der Waals surface area contributed by atoms with E-state index in [0.717, 1.165) is 5.56 Å². The lowest BCUT2D eigenvalue weighted by molar-refractivity contribution is 0.102. The smallest absolute Gasteiger partial charge is 0.256 e. The Morgan fingerprint density at radius 2 is 1.90 bits per heavy atom. The summed E-state index contributed by atoms with van der Waals surface area (Å²) in [5.41, 5.74) is 2.16. The third-order valence-electron chi connectivity index (χ3n) is 2.99. The van der Waals surface area contributed by atoms with E-state index in [1.165, 1.54) is 4.68 Å². The molecule has 0 spiro atoms. The van der Waals surface area contributed by atoms with Gasteiger partial charge in [-0.1, -0.05) is 18.2 Å². The van der Waals surface area contributed by atoms with Gasteiger partial charge in [-0.15, -0.1) is 0 Å². The summed E-state index contributed by atoms with van der Waals surface area (Å²) in [6.07, 6.45) is 6.50. The van der Waals surface area contributed by atoms with Crippen LogP contribution in [0, 0.1) is 6.92 Å². The quantitative estimate of drug-likeness (QED) is 0.798. The highest BCUT2D eigenvalue weighted by atomic mass is 16.1. The standard InChI is InChI=1S/C15H13N5O/c1-11-5-2-3-6-13(11)14(21)19-12-9-18-20(10-12)15-16-7-4-8-17-15/h2-10H,1H3,(H,19,21). The number of amides is 1. The van der Waals surface area contributed by atoms with E-state index in [1.807, 2.05) is 25.1 Å². The monoisotopic (exact) mass is 279 g/mol. The number of hydrogen-bond acceptors (Lipinski definition) is 4. The topological polar surface area (TPSA) is 72.7 Å². The third kappa shape index (κ3) is 2.79. The van der Waals surface area contributed by atoms with Gasteiger partial charge in [0.25, 0.3) is 5.91 Å². The van der Waals surface area contributed by atoms with Crippen molar-refractivity contribution in [3.63, 3.8) is 0 Å². The van der Waals surface area contributed by atoms with Crippen molar-refractivity contribution < 1.29 is 4.79 Å². The number of carbonyl (C=O) groups excluding carboxylic acids is 1. The van der Waals surface area contributed by atoms with Crippen LogP contribution in [0.3, 0.4) is 0 Å². The van der Waals surface area contributed by atoms with Crippen molar-refractivity contribution in [1.29, 1.82) is 0 Å². The van der Waals surface area contributed by atoms with Crippen LogP contribution in [0.1, 0.15) is 15.9 Å². The summed E-state index contributed by atoms with van der Waals surface area (Å²) >= 11 is 0. The van der Waals surface area contributed by atoms with Crippen LogP contribution in [0.15, 0.2) is 55.1 Å². The summed E-state index contributed by atoms with van der Waals surface area (Å²) in [5, 5.41) is 6.94. The molecule has 0 atom stereocenters. The number of aromatic nitrogens is 4. The Balaban J connectivity index is 1.79. The van der Waals surface area contributed by atoms with Gasteiger partial charge in [0.15, 0.2) is 0 Å². The average Bonchev–Trinajstić information content (AvgIpc) is 2.97. The van der Waals surface area contributed by atoms with E-state index >= 15 is 0 Å².